The molecule has 1 amide bonds. The molecule has 0 bridgehead atoms. The second kappa shape index (κ2) is 10.1. The number of benzene rings is 1. The van der Waals surface area contributed by atoms with Gasteiger partial charge in [0.1, 0.15) is 6.33 Å². The molecule has 0 saturated carbocycles. The molecule has 2 aliphatic heterocycles. The van der Waals surface area contributed by atoms with E-state index in [1.165, 1.54) is 11.9 Å². The largest absolute Gasteiger partial charge is 0.326 e. The van der Waals surface area contributed by atoms with E-state index in [9.17, 15) is 9.59 Å². The van der Waals surface area contributed by atoms with Gasteiger partial charge < -0.3 is 9.88 Å². The van der Waals surface area contributed by atoms with E-state index in [1.54, 1.807) is 12.4 Å². The first kappa shape index (κ1) is 22.8. The van der Waals surface area contributed by atoms with Crippen molar-refractivity contribution in [2.75, 3.05) is 19.6 Å². The molecule has 8 nitrogen and oxygen atoms in total. The summed E-state index contributed by atoms with van der Waals surface area (Å²) in [6.45, 7) is 4.71. The van der Waals surface area contributed by atoms with E-state index in [2.05, 4.69) is 45.0 Å². The Morgan fingerprint density at radius 3 is 2.65 bits per heavy atom. The van der Waals surface area contributed by atoms with Crippen LogP contribution in [0.2, 0.25) is 0 Å². The number of nitrogens with zero attached hydrogens (tertiary/aromatic N) is 5. The molecule has 1 unspecified atom stereocenters. The molecule has 180 valence electrons. The summed E-state index contributed by atoms with van der Waals surface area (Å²) in [5, 5.41) is 0. The summed E-state index contributed by atoms with van der Waals surface area (Å²) >= 11 is 0. The van der Waals surface area contributed by atoms with Crippen molar-refractivity contribution in [3.8, 4) is 0 Å². The van der Waals surface area contributed by atoms with E-state index < -0.39 is 0 Å². The summed E-state index contributed by atoms with van der Waals surface area (Å²) in [6, 6.07) is 6.58. The van der Waals surface area contributed by atoms with E-state index in [0.717, 1.165) is 82.0 Å². The minimum Gasteiger partial charge on any atom is -0.323 e. The standard InChI is InChI=1S/C26H34N6O2/c1-2-3-6-19-8-9-23-22(15-19)29-26(34)32(23)21-10-13-30(14-11-21)24-7-4-5-12-31(24)25(33)20-16-27-18-28-17-20/h8-9,15-18,21,24H,2-7,10-14H2,1H3,(H,29,34). The molecule has 2 aliphatic rings. The molecular formula is C26H34N6O2. The van der Waals surface area contributed by atoms with Crippen LogP contribution in [0.25, 0.3) is 11.0 Å². The third-order valence-electron chi connectivity index (χ3n) is 7.43. The highest BCUT2D eigenvalue weighted by molar-refractivity contribution is 5.93. The van der Waals surface area contributed by atoms with Gasteiger partial charge >= 0.3 is 5.69 Å². The van der Waals surface area contributed by atoms with Crippen molar-refractivity contribution >= 4 is 16.9 Å². The van der Waals surface area contributed by atoms with E-state index in [0.29, 0.717) is 5.56 Å². The minimum atomic E-state index is -0.0142. The van der Waals surface area contributed by atoms with Gasteiger partial charge in [0.05, 0.1) is 22.8 Å². The quantitative estimate of drug-likeness (QED) is 0.603. The van der Waals surface area contributed by atoms with Gasteiger partial charge in [0.25, 0.3) is 5.91 Å². The normalized spacial score (nSPS) is 20.1. The fourth-order valence-corrected chi connectivity index (χ4v) is 5.63. The second-order valence-electron chi connectivity index (χ2n) is 9.62. The summed E-state index contributed by atoms with van der Waals surface area (Å²) in [6.07, 6.45) is 13.1. The summed E-state index contributed by atoms with van der Waals surface area (Å²) in [4.78, 5) is 41.6. The molecule has 2 fully saturated rings. The van der Waals surface area contributed by atoms with Crippen LogP contribution in [-0.4, -0.2) is 61.0 Å². The summed E-state index contributed by atoms with van der Waals surface area (Å²) in [5.74, 6) is 0.0131. The Hall–Kier alpha value is -3.00. The van der Waals surface area contributed by atoms with Crippen molar-refractivity contribution < 1.29 is 4.79 Å². The first-order valence-corrected chi connectivity index (χ1v) is 12.7. The van der Waals surface area contributed by atoms with Gasteiger partial charge in [-0.25, -0.2) is 14.8 Å². The number of carbonyl (C=O) groups is 1. The van der Waals surface area contributed by atoms with Gasteiger partial charge in [0.2, 0.25) is 0 Å². The number of amides is 1. The lowest BCUT2D eigenvalue weighted by Crippen LogP contribution is -2.55. The van der Waals surface area contributed by atoms with Crippen molar-refractivity contribution in [2.24, 2.45) is 0 Å². The van der Waals surface area contributed by atoms with Crippen LogP contribution >= 0.6 is 0 Å². The number of aromatic nitrogens is 4. The second-order valence-corrected chi connectivity index (χ2v) is 9.62. The topological polar surface area (TPSA) is 87.1 Å². The number of hydrogen-bond acceptors (Lipinski definition) is 5. The number of unbranched alkanes of at least 4 members (excludes halogenated alkanes) is 1. The van der Waals surface area contributed by atoms with Crippen LogP contribution in [0, 0.1) is 0 Å². The molecule has 0 spiro atoms. The van der Waals surface area contributed by atoms with Crippen molar-refractivity contribution in [3.63, 3.8) is 0 Å². The van der Waals surface area contributed by atoms with Gasteiger partial charge in [-0.05, 0) is 62.6 Å². The first-order valence-electron chi connectivity index (χ1n) is 12.7. The average molecular weight is 463 g/mol. The minimum absolute atomic E-state index is 0.0131. The number of rotatable bonds is 6. The maximum Gasteiger partial charge on any atom is 0.326 e. The summed E-state index contributed by atoms with van der Waals surface area (Å²) in [7, 11) is 0. The van der Waals surface area contributed by atoms with Crippen LogP contribution in [0.3, 0.4) is 0 Å². The lowest BCUT2D eigenvalue weighted by atomic mass is 9.99. The van der Waals surface area contributed by atoms with Crippen LogP contribution < -0.4 is 5.69 Å². The van der Waals surface area contributed by atoms with Crippen LogP contribution in [0.4, 0.5) is 0 Å². The number of H-pyrrole nitrogens is 1. The zero-order chi connectivity index (χ0) is 23.5. The average Bonchev–Trinajstić information content (AvgIpc) is 3.22. The molecular weight excluding hydrogens is 428 g/mol. The molecule has 2 saturated heterocycles. The number of carbonyl (C=O) groups excluding carboxylic acids is 1. The number of likely N-dealkylation sites (tertiary alicyclic amines) is 2. The third-order valence-corrected chi connectivity index (χ3v) is 7.43. The molecule has 4 heterocycles. The molecule has 1 atom stereocenters. The molecule has 0 aliphatic carbocycles. The van der Waals surface area contributed by atoms with E-state index in [1.807, 2.05) is 9.47 Å². The van der Waals surface area contributed by atoms with Crippen molar-refractivity contribution in [2.45, 2.75) is 70.5 Å². The third kappa shape index (κ3) is 4.51. The molecule has 8 heteroatoms. The van der Waals surface area contributed by atoms with Gasteiger partial charge in [0, 0.05) is 38.1 Å². The van der Waals surface area contributed by atoms with Crippen molar-refractivity contribution in [1.29, 1.82) is 0 Å². The van der Waals surface area contributed by atoms with E-state index >= 15 is 0 Å². The van der Waals surface area contributed by atoms with Crippen molar-refractivity contribution in [3.05, 3.63) is 58.5 Å². The number of hydrogen-bond donors (Lipinski definition) is 1. The predicted molar refractivity (Wildman–Crippen MR) is 132 cm³/mol. The molecule has 34 heavy (non-hydrogen) atoms. The molecule has 1 N–H and O–H groups in total. The van der Waals surface area contributed by atoms with Gasteiger partial charge in [-0.15, -0.1) is 0 Å². The van der Waals surface area contributed by atoms with E-state index in [-0.39, 0.29) is 23.8 Å². The van der Waals surface area contributed by atoms with Crippen LogP contribution in [0.1, 0.15) is 73.8 Å². The van der Waals surface area contributed by atoms with Crippen LogP contribution in [0.15, 0.2) is 41.7 Å². The van der Waals surface area contributed by atoms with Crippen molar-refractivity contribution in [1.82, 2.24) is 29.3 Å². The van der Waals surface area contributed by atoms with Crippen LogP contribution in [0.5, 0.6) is 0 Å². The highest BCUT2D eigenvalue weighted by Crippen LogP contribution is 2.30. The number of aromatic amines is 1. The zero-order valence-electron chi connectivity index (χ0n) is 19.9. The zero-order valence-corrected chi connectivity index (χ0v) is 19.9. The predicted octanol–water partition coefficient (Wildman–Crippen LogP) is 3.75. The maximum atomic E-state index is 13.2. The van der Waals surface area contributed by atoms with Gasteiger partial charge in [-0.2, -0.15) is 0 Å². The van der Waals surface area contributed by atoms with E-state index in [4.69, 9.17) is 0 Å². The Morgan fingerprint density at radius 1 is 1.09 bits per heavy atom. The SMILES string of the molecule is CCCCc1ccc2c(c1)[nH]c(=O)n2C1CCN(C2CCCCN2C(=O)c2cncnc2)CC1. The maximum absolute atomic E-state index is 13.2. The smallest absolute Gasteiger partial charge is 0.323 e. The monoisotopic (exact) mass is 462 g/mol. The summed E-state index contributed by atoms with van der Waals surface area (Å²) in [5.41, 5.74) is 3.76. The fourth-order valence-electron chi connectivity index (χ4n) is 5.63. The Balaban J connectivity index is 1.29. The fraction of sp³-hybridized carbons (Fsp3) is 0.538. The van der Waals surface area contributed by atoms with Gasteiger partial charge in [-0.1, -0.05) is 19.4 Å². The molecule has 0 radical (unpaired) electrons. The molecule has 1 aromatic carbocycles. The number of imidazole rings is 1. The molecule has 3 aromatic rings. The Morgan fingerprint density at radius 2 is 1.88 bits per heavy atom. The lowest BCUT2D eigenvalue weighted by molar-refractivity contribution is 0.00115. The summed E-state index contributed by atoms with van der Waals surface area (Å²) < 4.78 is 1.96. The molecule has 2 aromatic heterocycles. The molecule has 5 rings (SSSR count). The highest BCUT2D eigenvalue weighted by atomic mass is 16.2. The first-order chi connectivity index (χ1) is 16.7. The Kier molecular flexibility index (Phi) is 6.76. The Labute approximate surface area is 200 Å². The van der Waals surface area contributed by atoms with Crippen LogP contribution in [-0.2, 0) is 6.42 Å². The lowest BCUT2D eigenvalue weighted by Gasteiger charge is -2.45. The van der Waals surface area contributed by atoms with Gasteiger partial charge in [-0.3, -0.25) is 14.3 Å². The number of piperidine rings is 2. The Bertz CT molecular complexity index is 1180. The highest BCUT2D eigenvalue weighted by Gasteiger charge is 2.35. The number of aryl methyl sites for hydroxylation is 1. The number of fused-ring (bicyclic) bond motifs is 1. The number of nitrogens with one attached hydrogen (secondary N) is 1. The van der Waals surface area contributed by atoms with Gasteiger partial charge in [0.15, 0.2) is 0 Å².